The zero-order valence-corrected chi connectivity index (χ0v) is 13.8. The lowest BCUT2D eigenvalue weighted by Gasteiger charge is -2.12. The Balaban J connectivity index is 1.95. The molecule has 0 saturated carbocycles. The number of aliphatic imine (C=N–C) groups is 1. The van der Waals surface area contributed by atoms with Crippen molar-refractivity contribution in [3.8, 4) is 5.75 Å². The molecular weight excluding hydrogens is 328 g/mol. The van der Waals surface area contributed by atoms with Crippen molar-refractivity contribution in [1.82, 2.24) is 4.90 Å². The first kappa shape index (κ1) is 15.6. The molecule has 116 valence electrons. The zero-order valence-electron chi connectivity index (χ0n) is 12.2. The summed E-state index contributed by atoms with van der Waals surface area (Å²) in [6.07, 6.45) is 3.54. The molecule has 2 heterocycles. The number of phenols is 1. The first-order chi connectivity index (χ1) is 11.2. The summed E-state index contributed by atoms with van der Waals surface area (Å²) in [6.45, 7) is 4.09. The van der Waals surface area contributed by atoms with Crippen LogP contribution in [0.15, 0.2) is 64.3 Å². The van der Waals surface area contributed by atoms with Crippen LogP contribution in [0.3, 0.4) is 0 Å². The maximum Gasteiger partial charge on any atom is 0.267 e. The molecule has 1 aromatic carbocycles. The molecule has 0 aliphatic carbocycles. The van der Waals surface area contributed by atoms with Gasteiger partial charge in [0.05, 0.1) is 10.6 Å². The van der Waals surface area contributed by atoms with E-state index in [2.05, 4.69) is 11.6 Å². The van der Waals surface area contributed by atoms with Gasteiger partial charge in [-0.3, -0.25) is 9.69 Å². The van der Waals surface area contributed by atoms with Crippen LogP contribution >= 0.6 is 23.1 Å². The van der Waals surface area contributed by atoms with Crippen molar-refractivity contribution in [3.63, 3.8) is 0 Å². The van der Waals surface area contributed by atoms with Crippen LogP contribution < -0.4 is 0 Å². The summed E-state index contributed by atoms with van der Waals surface area (Å²) in [6, 6.07) is 10.6. The number of hydrogen-bond donors (Lipinski definition) is 1. The van der Waals surface area contributed by atoms with Gasteiger partial charge in [-0.25, -0.2) is 4.99 Å². The van der Waals surface area contributed by atoms with Crippen molar-refractivity contribution in [2.45, 2.75) is 0 Å². The normalized spacial score (nSPS) is 18.1. The number of amides is 1. The van der Waals surface area contributed by atoms with Crippen LogP contribution in [0.4, 0.5) is 5.69 Å². The molecule has 1 aliphatic heterocycles. The third kappa shape index (κ3) is 3.55. The molecule has 1 saturated heterocycles. The predicted octanol–water partition coefficient (Wildman–Crippen LogP) is 4.24. The molecule has 0 radical (unpaired) electrons. The number of amidine groups is 1. The minimum absolute atomic E-state index is 0.0813. The highest BCUT2D eigenvalue weighted by molar-refractivity contribution is 8.18. The highest BCUT2D eigenvalue weighted by Gasteiger charge is 2.32. The topological polar surface area (TPSA) is 52.9 Å². The molecule has 1 N–H and O–H groups in total. The van der Waals surface area contributed by atoms with E-state index in [-0.39, 0.29) is 11.7 Å². The smallest absolute Gasteiger partial charge is 0.267 e. The SMILES string of the molecule is C=CCN1C(=O)/C(=C/c2cccs2)SC1=Nc1cccc(O)c1. The Kier molecular flexibility index (Phi) is 4.64. The summed E-state index contributed by atoms with van der Waals surface area (Å²) in [7, 11) is 0. The second kappa shape index (κ2) is 6.85. The fourth-order valence-electron chi connectivity index (χ4n) is 2.06. The van der Waals surface area contributed by atoms with E-state index >= 15 is 0 Å². The molecular formula is C17H14N2O2S2. The number of carbonyl (C=O) groups excluding carboxylic acids is 1. The van der Waals surface area contributed by atoms with Crippen molar-refractivity contribution in [2.24, 2.45) is 4.99 Å². The second-order valence-corrected chi connectivity index (χ2v) is 6.73. The van der Waals surface area contributed by atoms with E-state index in [9.17, 15) is 9.90 Å². The summed E-state index contributed by atoms with van der Waals surface area (Å²) in [4.78, 5) is 20.3. The van der Waals surface area contributed by atoms with Crippen LogP contribution in [-0.4, -0.2) is 27.6 Å². The lowest BCUT2D eigenvalue weighted by atomic mass is 10.3. The van der Waals surface area contributed by atoms with Gasteiger partial charge < -0.3 is 5.11 Å². The Hall–Kier alpha value is -2.31. The largest absolute Gasteiger partial charge is 0.508 e. The number of benzene rings is 1. The number of hydrogen-bond acceptors (Lipinski definition) is 5. The molecule has 3 rings (SSSR count). The first-order valence-electron chi connectivity index (χ1n) is 6.91. The highest BCUT2D eigenvalue weighted by atomic mass is 32.2. The first-order valence-corrected chi connectivity index (χ1v) is 8.60. The molecule has 1 aliphatic rings. The molecule has 6 heteroatoms. The third-order valence-corrected chi connectivity index (χ3v) is 4.90. The Morgan fingerprint density at radius 1 is 1.30 bits per heavy atom. The lowest BCUT2D eigenvalue weighted by Crippen LogP contribution is -2.29. The van der Waals surface area contributed by atoms with Crippen molar-refractivity contribution in [3.05, 3.63) is 64.2 Å². The lowest BCUT2D eigenvalue weighted by molar-refractivity contribution is -0.121. The number of phenolic OH excluding ortho intramolecular Hbond substituents is 1. The van der Waals surface area contributed by atoms with E-state index in [1.807, 2.05) is 23.6 Å². The molecule has 0 atom stereocenters. The average Bonchev–Trinajstić information content (AvgIpc) is 3.12. The fraction of sp³-hybridized carbons (Fsp3) is 0.0588. The van der Waals surface area contributed by atoms with Gasteiger partial charge >= 0.3 is 0 Å². The van der Waals surface area contributed by atoms with Gasteiger partial charge in [0.2, 0.25) is 0 Å². The zero-order chi connectivity index (χ0) is 16.2. The van der Waals surface area contributed by atoms with E-state index in [4.69, 9.17) is 0 Å². The van der Waals surface area contributed by atoms with Crippen LogP contribution in [0.5, 0.6) is 5.75 Å². The van der Waals surface area contributed by atoms with Crippen LogP contribution in [0.25, 0.3) is 6.08 Å². The Morgan fingerprint density at radius 3 is 2.87 bits per heavy atom. The van der Waals surface area contributed by atoms with Gasteiger partial charge in [-0.15, -0.1) is 17.9 Å². The third-order valence-electron chi connectivity index (χ3n) is 3.07. The number of thiophene rings is 1. The van der Waals surface area contributed by atoms with E-state index in [0.29, 0.717) is 22.3 Å². The molecule has 1 aromatic heterocycles. The average molecular weight is 342 g/mol. The molecule has 0 spiro atoms. The van der Waals surface area contributed by atoms with E-state index < -0.39 is 0 Å². The summed E-state index contributed by atoms with van der Waals surface area (Å²) in [5, 5.41) is 12.1. The maximum absolute atomic E-state index is 12.6. The predicted molar refractivity (Wildman–Crippen MR) is 97.0 cm³/mol. The van der Waals surface area contributed by atoms with Crippen LogP contribution in [-0.2, 0) is 4.79 Å². The summed E-state index contributed by atoms with van der Waals surface area (Å²) < 4.78 is 0. The van der Waals surface area contributed by atoms with E-state index in [0.717, 1.165) is 4.88 Å². The fourth-order valence-corrected chi connectivity index (χ4v) is 3.79. The highest BCUT2D eigenvalue weighted by Crippen LogP contribution is 2.35. The minimum atomic E-state index is -0.0813. The molecule has 1 amide bonds. The summed E-state index contributed by atoms with van der Waals surface area (Å²) in [5.74, 6) is 0.0630. The Morgan fingerprint density at radius 2 is 2.17 bits per heavy atom. The van der Waals surface area contributed by atoms with Gasteiger partial charge in [0, 0.05) is 17.5 Å². The molecule has 0 unspecified atom stereocenters. The van der Waals surface area contributed by atoms with Crippen molar-refractivity contribution in [1.29, 1.82) is 0 Å². The van der Waals surface area contributed by atoms with Crippen molar-refractivity contribution >= 4 is 45.9 Å². The van der Waals surface area contributed by atoms with Crippen LogP contribution in [0.2, 0.25) is 0 Å². The van der Waals surface area contributed by atoms with Crippen LogP contribution in [0.1, 0.15) is 4.88 Å². The molecule has 4 nitrogen and oxygen atoms in total. The molecule has 23 heavy (non-hydrogen) atoms. The second-order valence-electron chi connectivity index (χ2n) is 4.74. The summed E-state index contributed by atoms with van der Waals surface area (Å²) in [5.41, 5.74) is 0.603. The Bertz CT molecular complexity index is 795. The molecule has 0 bridgehead atoms. The van der Waals surface area contributed by atoms with Gasteiger partial charge in [0.1, 0.15) is 5.75 Å². The van der Waals surface area contributed by atoms with Crippen molar-refractivity contribution in [2.75, 3.05) is 6.54 Å². The Labute approximate surface area is 142 Å². The number of rotatable bonds is 4. The van der Waals surface area contributed by atoms with Crippen molar-refractivity contribution < 1.29 is 9.90 Å². The minimum Gasteiger partial charge on any atom is -0.508 e. The van der Waals surface area contributed by atoms with Gasteiger partial charge in [-0.1, -0.05) is 18.2 Å². The number of nitrogens with zero attached hydrogens (tertiary/aromatic N) is 2. The standard InChI is InChI=1S/C17H14N2O2S2/c1-2-8-19-16(21)15(11-14-7-4-9-22-14)23-17(19)18-12-5-3-6-13(20)10-12/h2-7,9-11,20H,1,8H2/b15-11-,18-17?. The van der Waals surface area contributed by atoms with Gasteiger partial charge in [0.25, 0.3) is 5.91 Å². The monoisotopic (exact) mass is 342 g/mol. The van der Waals surface area contributed by atoms with Gasteiger partial charge in [-0.2, -0.15) is 0 Å². The quantitative estimate of drug-likeness (QED) is 0.668. The summed E-state index contributed by atoms with van der Waals surface area (Å²) >= 11 is 2.91. The molecule has 2 aromatic rings. The van der Waals surface area contributed by atoms with E-state index in [1.54, 1.807) is 46.6 Å². The molecule has 1 fully saturated rings. The number of aromatic hydroxyl groups is 1. The van der Waals surface area contributed by atoms with Crippen LogP contribution in [0, 0.1) is 0 Å². The van der Waals surface area contributed by atoms with E-state index in [1.165, 1.54) is 11.8 Å². The van der Waals surface area contributed by atoms with Gasteiger partial charge in [0.15, 0.2) is 5.17 Å². The maximum atomic E-state index is 12.6. The number of carbonyl (C=O) groups is 1. The number of thioether (sulfide) groups is 1. The van der Waals surface area contributed by atoms with Gasteiger partial charge in [-0.05, 0) is 41.4 Å².